The monoisotopic (exact) mass is 397 g/mol. The number of amides is 1. The predicted octanol–water partition coefficient (Wildman–Crippen LogP) is 4.25. The van der Waals surface area contributed by atoms with Crippen LogP contribution in [0.15, 0.2) is 30.3 Å². The second-order valence-corrected chi connectivity index (χ2v) is 6.99. The number of likely N-dealkylation sites (tertiary alicyclic amines) is 1. The van der Waals surface area contributed by atoms with Crippen LogP contribution in [-0.2, 0) is 0 Å². The van der Waals surface area contributed by atoms with Crippen LogP contribution in [0.5, 0.6) is 5.88 Å². The normalized spacial score (nSPS) is 15.7. The van der Waals surface area contributed by atoms with E-state index in [0.717, 1.165) is 38.1 Å². The quantitative estimate of drug-likeness (QED) is 0.837. The Bertz CT molecular complexity index is 788. The number of aromatic nitrogens is 1. The van der Waals surface area contributed by atoms with Crippen molar-refractivity contribution in [2.45, 2.75) is 18.9 Å². The molecule has 1 saturated heterocycles. The van der Waals surface area contributed by atoms with E-state index in [0.29, 0.717) is 11.7 Å². The zero-order chi connectivity index (χ0) is 18.7. The van der Waals surface area contributed by atoms with Gasteiger partial charge in [0.15, 0.2) is 0 Å². The molecule has 1 aromatic heterocycles. The van der Waals surface area contributed by atoms with Gasteiger partial charge in [0.1, 0.15) is 17.7 Å². The predicted molar refractivity (Wildman–Crippen MR) is 99.8 cm³/mol. The van der Waals surface area contributed by atoms with Gasteiger partial charge in [0.25, 0.3) is 5.91 Å². The molecular weight excluding hydrogens is 380 g/mol. The number of halogens is 3. The second kappa shape index (κ2) is 8.20. The third-order valence-electron chi connectivity index (χ3n) is 4.15. The molecule has 1 aromatic carbocycles. The molecule has 0 saturated carbocycles. The number of nitrogens with one attached hydrogen (secondary N) is 1. The van der Waals surface area contributed by atoms with Crippen LogP contribution in [0.25, 0.3) is 0 Å². The summed E-state index contributed by atoms with van der Waals surface area (Å²) < 4.78 is 19.2. The van der Waals surface area contributed by atoms with Gasteiger partial charge in [-0.1, -0.05) is 29.3 Å². The molecule has 0 atom stereocenters. The molecular formula is C18H18Cl2FN3O2. The lowest BCUT2D eigenvalue weighted by Gasteiger charge is -2.28. The Kier molecular flexibility index (Phi) is 5.96. The number of benzene rings is 1. The maximum atomic E-state index is 13.3. The first-order valence-electron chi connectivity index (χ1n) is 8.20. The summed E-state index contributed by atoms with van der Waals surface area (Å²) in [6.45, 7) is 1.95. The third-order valence-corrected chi connectivity index (χ3v) is 4.75. The van der Waals surface area contributed by atoms with Crippen LogP contribution in [-0.4, -0.2) is 42.0 Å². The molecule has 0 radical (unpaired) electrons. The fraction of sp³-hybridized carbons (Fsp3) is 0.333. The molecule has 2 heterocycles. The number of ether oxygens (including phenoxy) is 1. The van der Waals surface area contributed by atoms with E-state index in [9.17, 15) is 9.18 Å². The van der Waals surface area contributed by atoms with Crippen LogP contribution in [0.3, 0.4) is 0 Å². The molecule has 1 aliphatic rings. The Balaban J connectivity index is 1.70. The van der Waals surface area contributed by atoms with E-state index in [1.165, 1.54) is 0 Å². The SMILES string of the molecule is CN1CCC(Oc2cccc(NC(=O)c3c(Cl)cc(F)cc3Cl)n2)CC1. The van der Waals surface area contributed by atoms with Gasteiger partial charge in [-0.15, -0.1) is 0 Å². The van der Waals surface area contributed by atoms with Gasteiger partial charge in [-0.3, -0.25) is 4.79 Å². The lowest BCUT2D eigenvalue weighted by atomic mass is 10.1. The van der Waals surface area contributed by atoms with E-state index < -0.39 is 11.7 Å². The zero-order valence-electron chi connectivity index (χ0n) is 14.1. The number of hydrogen-bond acceptors (Lipinski definition) is 4. The van der Waals surface area contributed by atoms with Crippen molar-refractivity contribution >= 4 is 34.9 Å². The molecule has 5 nitrogen and oxygen atoms in total. The summed E-state index contributed by atoms with van der Waals surface area (Å²) in [5, 5.41) is 2.49. The fourth-order valence-corrected chi connectivity index (χ4v) is 3.39. The lowest BCUT2D eigenvalue weighted by molar-refractivity contribution is 0.102. The molecule has 1 N–H and O–H groups in total. The summed E-state index contributed by atoms with van der Waals surface area (Å²) in [4.78, 5) is 19.0. The van der Waals surface area contributed by atoms with Gasteiger partial charge in [0.2, 0.25) is 5.88 Å². The molecule has 0 unspecified atom stereocenters. The lowest BCUT2D eigenvalue weighted by Crippen LogP contribution is -2.35. The molecule has 0 spiro atoms. The first-order valence-corrected chi connectivity index (χ1v) is 8.96. The first kappa shape index (κ1) is 18.9. The molecule has 8 heteroatoms. The molecule has 1 amide bonds. The van der Waals surface area contributed by atoms with Crippen molar-refractivity contribution in [1.29, 1.82) is 0 Å². The van der Waals surface area contributed by atoms with Gasteiger partial charge < -0.3 is 15.0 Å². The second-order valence-electron chi connectivity index (χ2n) is 6.18. The average Bonchev–Trinajstić information content (AvgIpc) is 2.56. The number of piperidine rings is 1. The van der Waals surface area contributed by atoms with Gasteiger partial charge in [-0.05, 0) is 38.1 Å². The number of anilines is 1. The van der Waals surface area contributed by atoms with Crippen LogP contribution >= 0.6 is 23.2 Å². The van der Waals surface area contributed by atoms with Gasteiger partial charge in [-0.2, -0.15) is 4.98 Å². The maximum Gasteiger partial charge on any atom is 0.259 e. The van der Waals surface area contributed by atoms with Crippen molar-refractivity contribution in [3.63, 3.8) is 0 Å². The Labute approximate surface area is 161 Å². The van der Waals surface area contributed by atoms with E-state index in [2.05, 4.69) is 22.2 Å². The zero-order valence-corrected chi connectivity index (χ0v) is 15.6. The maximum absolute atomic E-state index is 13.3. The Morgan fingerprint density at radius 2 is 1.92 bits per heavy atom. The summed E-state index contributed by atoms with van der Waals surface area (Å²) in [7, 11) is 2.08. The number of rotatable bonds is 4. The smallest absolute Gasteiger partial charge is 0.259 e. The summed E-state index contributed by atoms with van der Waals surface area (Å²) in [6.07, 6.45) is 1.95. The highest BCUT2D eigenvalue weighted by Gasteiger charge is 2.20. The van der Waals surface area contributed by atoms with Crippen molar-refractivity contribution in [3.8, 4) is 5.88 Å². The molecule has 1 aliphatic heterocycles. The summed E-state index contributed by atoms with van der Waals surface area (Å²) in [5.41, 5.74) is -0.00169. The van der Waals surface area contributed by atoms with E-state index in [1.807, 2.05) is 0 Å². The van der Waals surface area contributed by atoms with Gasteiger partial charge in [-0.25, -0.2) is 4.39 Å². The van der Waals surface area contributed by atoms with E-state index in [-0.39, 0.29) is 21.7 Å². The molecule has 26 heavy (non-hydrogen) atoms. The highest BCUT2D eigenvalue weighted by atomic mass is 35.5. The van der Waals surface area contributed by atoms with Gasteiger partial charge in [0, 0.05) is 19.2 Å². The Morgan fingerprint density at radius 1 is 1.27 bits per heavy atom. The number of hydrogen-bond donors (Lipinski definition) is 1. The van der Waals surface area contributed by atoms with Crippen LogP contribution in [0, 0.1) is 5.82 Å². The molecule has 2 aromatic rings. The molecule has 138 valence electrons. The first-order chi connectivity index (χ1) is 12.4. The highest BCUT2D eigenvalue weighted by molar-refractivity contribution is 6.40. The minimum Gasteiger partial charge on any atom is -0.474 e. The minimum atomic E-state index is -0.608. The summed E-state index contributed by atoms with van der Waals surface area (Å²) in [5.74, 6) is -0.433. The van der Waals surface area contributed by atoms with E-state index >= 15 is 0 Å². The topological polar surface area (TPSA) is 54.5 Å². The number of carbonyl (C=O) groups is 1. The Morgan fingerprint density at radius 3 is 2.58 bits per heavy atom. The van der Waals surface area contributed by atoms with E-state index in [1.54, 1.807) is 18.2 Å². The van der Waals surface area contributed by atoms with Crippen molar-refractivity contribution in [3.05, 3.63) is 51.8 Å². The van der Waals surface area contributed by atoms with Crippen LogP contribution in [0.1, 0.15) is 23.2 Å². The molecule has 0 aliphatic carbocycles. The standard InChI is InChI=1S/C18H18Cl2FN3O2/c1-24-7-5-12(6-8-24)26-16-4-2-3-15(22-16)23-18(25)17-13(19)9-11(21)10-14(17)20/h2-4,9-10,12H,5-8H2,1H3,(H,22,23,25). The molecule has 0 bridgehead atoms. The highest BCUT2D eigenvalue weighted by Crippen LogP contribution is 2.27. The van der Waals surface area contributed by atoms with Gasteiger partial charge in [0.05, 0.1) is 15.6 Å². The molecule has 1 fully saturated rings. The van der Waals surface area contributed by atoms with E-state index in [4.69, 9.17) is 27.9 Å². The van der Waals surface area contributed by atoms with Crippen molar-refractivity contribution in [1.82, 2.24) is 9.88 Å². The number of nitrogens with zero attached hydrogens (tertiary/aromatic N) is 2. The molecule has 3 rings (SSSR count). The minimum absolute atomic E-state index is 0.00169. The third kappa shape index (κ3) is 4.63. The summed E-state index contributed by atoms with van der Waals surface area (Å²) in [6, 6.07) is 7.18. The largest absolute Gasteiger partial charge is 0.474 e. The van der Waals surface area contributed by atoms with Crippen LogP contribution in [0.2, 0.25) is 10.0 Å². The van der Waals surface area contributed by atoms with Crippen molar-refractivity contribution in [2.75, 3.05) is 25.5 Å². The van der Waals surface area contributed by atoms with Crippen molar-refractivity contribution in [2.24, 2.45) is 0 Å². The number of carbonyl (C=O) groups excluding carboxylic acids is 1. The summed E-state index contributed by atoms with van der Waals surface area (Å²) >= 11 is 11.9. The van der Waals surface area contributed by atoms with Crippen LogP contribution < -0.4 is 10.1 Å². The fourth-order valence-electron chi connectivity index (χ4n) is 2.76. The van der Waals surface area contributed by atoms with Crippen molar-refractivity contribution < 1.29 is 13.9 Å². The van der Waals surface area contributed by atoms with Gasteiger partial charge >= 0.3 is 0 Å². The average molecular weight is 398 g/mol. The van der Waals surface area contributed by atoms with Crippen LogP contribution in [0.4, 0.5) is 10.2 Å². The Hall–Kier alpha value is -1.89. The number of pyridine rings is 1.